The van der Waals surface area contributed by atoms with Crippen LogP contribution in [-0.2, 0) is 16.1 Å². The van der Waals surface area contributed by atoms with E-state index >= 15 is 0 Å². The number of carbonyl (C=O) groups is 1. The summed E-state index contributed by atoms with van der Waals surface area (Å²) in [5.74, 6) is -0.148. The Morgan fingerprint density at radius 1 is 1.30 bits per heavy atom. The third-order valence-corrected chi connectivity index (χ3v) is 5.53. The summed E-state index contributed by atoms with van der Waals surface area (Å²) in [6.07, 6.45) is 0.626. The van der Waals surface area contributed by atoms with Gasteiger partial charge in [0.2, 0.25) is 6.10 Å². The minimum absolute atomic E-state index is 0.145. The average Bonchev–Trinajstić information content (AvgIpc) is 3.31. The molecule has 0 bridgehead atoms. The Labute approximate surface area is 162 Å². The first-order valence-electron chi connectivity index (χ1n) is 9.01. The van der Waals surface area contributed by atoms with E-state index in [1.54, 1.807) is 11.3 Å². The highest BCUT2D eigenvalue weighted by Gasteiger charge is 2.29. The van der Waals surface area contributed by atoms with Gasteiger partial charge in [0.05, 0.1) is 22.5 Å². The zero-order chi connectivity index (χ0) is 18.8. The van der Waals surface area contributed by atoms with Crippen LogP contribution in [0.3, 0.4) is 0 Å². The third-order valence-electron chi connectivity index (χ3n) is 4.74. The molecule has 1 aromatic heterocycles. The maximum absolute atomic E-state index is 12.5. The molecule has 2 aromatic carbocycles. The number of thiazole rings is 1. The summed E-state index contributed by atoms with van der Waals surface area (Å²) in [6.45, 7) is 3.88. The van der Waals surface area contributed by atoms with Gasteiger partial charge in [-0.25, -0.2) is 4.98 Å². The molecule has 4 rings (SSSR count). The van der Waals surface area contributed by atoms with Gasteiger partial charge in [-0.1, -0.05) is 47.6 Å². The fourth-order valence-corrected chi connectivity index (χ4v) is 4.00. The predicted molar refractivity (Wildman–Crippen MR) is 108 cm³/mol. The Hall–Kier alpha value is -2.73. The summed E-state index contributed by atoms with van der Waals surface area (Å²) in [7, 11) is 0. The summed E-state index contributed by atoms with van der Waals surface area (Å²) in [4.78, 5) is 22.3. The number of fused-ring (bicyclic) bond motifs is 1. The number of nitrogens with one attached hydrogen (secondary N) is 1. The fraction of sp³-hybridized carbons (Fsp3) is 0.286. The molecule has 0 saturated carbocycles. The number of oxime groups is 1. The van der Waals surface area contributed by atoms with Gasteiger partial charge in [-0.05, 0) is 30.2 Å². The average molecular weight is 379 g/mol. The van der Waals surface area contributed by atoms with Gasteiger partial charge < -0.3 is 10.2 Å². The minimum Gasteiger partial charge on any atom is -0.382 e. The molecule has 0 radical (unpaired) electrons. The lowest BCUT2D eigenvalue weighted by Gasteiger charge is -2.14. The van der Waals surface area contributed by atoms with Gasteiger partial charge in [0.1, 0.15) is 0 Å². The van der Waals surface area contributed by atoms with Crippen LogP contribution >= 0.6 is 11.3 Å². The quantitative estimate of drug-likeness (QED) is 0.724. The summed E-state index contributed by atoms with van der Waals surface area (Å²) >= 11 is 1.58. The van der Waals surface area contributed by atoms with Gasteiger partial charge >= 0.3 is 0 Å². The maximum Gasteiger partial charge on any atom is 0.264 e. The van der Waals surface area contributed by atoms with E-state index < -0.39 is 6.10 Å². The first-order chi connectivity index (χ1) is 13.1. The molecule has 6 heteroatoms. The van der Waals surface area contributed by atoms with E-state index in [0.29, 0.717) is 12.8 Å². The zero-order valence-corrected chi connectivity index (χ0v) is 16.1. The smallest absolute Gasteiger partial charge is 0.264 e. The number of aromatic nitrogens is 1. The van der Waals surface area contributed by atoms with Crippen LogP contribution in [0, 0.1) is 6.92 Å². The molecule has 1 aliphatic heterocycles. The molecule has 27 heavy (non-hydrogen) atoms. The van der Waals surface area contributed by atoms with Crippen LogP contribution in [0.5, 0.6) is 0 Å². The van der Waals surface area contributed by atoms with Gasteiger partial charge in [0.25, 0.3) is 5.91 Å². The molecule has 0 fully saturated rings. The molecule has 0 spiro atoms. The zero-order valence-electron chi connectivity index (χ0n) is 15.3. The van der Waals surface area contributed by atoms with Crippen molar-refractivity contribution < 1.29 is 9.63 Å². The van der Waals surface area contributed by atoms with E-state index in [2.05, 4.69) is 45.8 Å². The van der Waals surface area contributed by atoms with E-state index in [0.717, 1.165) is 16.4 Å². The molecule has 2 heterocycles. The number of hydrogen-bond donors (Lipinski definition) is 1. The summed E-state index contributed by atoms with van der Waals surface area (Å²) in [6, 6.07) is 14.4. The normalized spacial score (nSPS) is 17.4. The number of amides is 1. The lowest BCUT2D eigenvalue weighted by molar-refractivity contribution is -0.131. The van der Waals surface area contributed by atoms with Crippen molar-refractivity contribution in [2.24, 2.45) is 5.16 Å². The lowest BCUT2D eigenvalue weighted by Crippen LogP contribution is -2.36. The van der Waals surface area contributed by atoms with Crippen molar-refractivity contribution in [3.8, 4) is 0 Å². The van der Waals surface area contributed by atoms with Gasteiger partial charge in [-0.15, -0.1) is 11.3 Å². The molecule has 0 saturated heterocycles. The molecular weight excluding hydrogens is 358 g/mol. The number of benzene rings is 2. The molecule has 1 amide bonds. The molecule has 3 aromatic rings. The van der Waals surface area contributed by atoms with Crippen LogP contribution in [0.1, 0.15) is 35.7 Å². The summed E-state index contributed by atoms with van der Waals surface area (Å²) < 4.78 is 0. The molecule has 0 unspecified atom stereocenters. The number of hydrogen-bond acceptors (Lipinski definition) is 5. The topological polar surface area (TPSA) is 63.6 Å². The summed E-state index contributed by atoms with van der Waals surface area (Å²) in [5.41, 5.74) is 2.97. The predicted octanol–water partition coefficient (Wildman–Crippen LogP) is 4.17. The van der Waals surface area contributed by atoms with Crippen LogP contribution in [0.15, 0.2) is 53.0 Å². The van der Waals surface area contributed by atoms with Gasteiger partial charge in [-0.3, -0.25) is 4.79 Å². The van der Waals surface area contributed by atoms with Crippen LogP contribution in [0.25, 0.3) is 10.8 Å². The molecule has 0 aliphatic carbocycles. The second-order valence-electron chi connectivity index (χ2n) is 6.79. The minimum atomic E-state index is -0.572. The highest BCUT2D eigenvalue weighted by molar-refractivity contribution is 7.09. The molecule has 138 valence electrons. The van der Waals surface area contributed by atoms with Gasteiger partial charge in [0.15, 0.2) is 0 Å². The van der Waals surface area contributed by atoms with Crippen molar-refractivity contribution in [1.82, 2.24) is 10.3 Å². The highest BCUT2D eigenvalue weighted by Crippen LogP contribution is 2.23. The number of aryl methyl sites for hydroxylation is 1. The van der Waals surface area contributed by atoms with E-state index in [1.807, 2.05) is 31.4 Å². The molecule has 1 aliphatic rings. The molecule has 5 nitrogen and oxygen atoms in total. The van der Waals surface area contributed by atoms with Crippen molar-refractivity contribution in [3.63, 3.8) is 0 Å². The Morgan fingerprint density at radius 3 is 2.93 bits per heavy atom. The monoisotopic (exact) mass is 379 g/mol. The lowest BCUT2D eigenvalue weighted by atomic mass is 9.98. The van der Waals surface area contributed by atoms with E-state index in [4.69, 9.17) is 4.84 Å². The van der Waals surface area contributed by atoms with Crippen molar-refractivity contribution in [2.45, 2.75) is 38.8 Å². The number of carbonyl (C=O) groups excluding carboxylic acids is 1. The Kier molecular flexibility index (Phi) is 4.90. The largest absolute Gasteiger partial charge is 0.382 e. The SMILES string of the molecule is Cc1nc([C@H](C)NC(=O)[C@@H]2CC(Cc3cccc4ccccc34)=NO2)cs1. The molecule has 2 atom stereocenters. The second kappa shape index (κ2) is 7.48. The molecular formula is C21H21N3O2S. The third kappa shape index (κ3) is 3.85. The van der Waals surface area contributed by atoms with Crippen LogP contribution in [0.2, 0.25) is 0 Å². The first kappa shape index (κ1) is 17.7. The van der Waals surface area contributed by atoms with Crippen LogP contribution < -0.4 is 5.32 Å². The Balaban J connectivity index is 1.38. The van der Waals surface area contributed by atoms with Crippen molar-refractivity contribution >= 4 is 33.7 Å². The van der Waals surface area contributed by atoms with E-state index in [9.17, 15) is 4.79 Å². The second-order valence-corrected chi connectivity index (χ2v) is 7.85. The Bertz CT molecular complexity index is 1010. The number of rotatable bonds is 5. The fourth-order valence-electron chi connectivity index (χ4n) is 3.30. The highest BCUT2D eigenvalue weighted by atomic mass is 32.1. The summed E-state index contributed by atoms with van der Waals surface area (Å²) in [5, 5.41) is 12.5. The van der Waals surface area contributed by atoms with E-state index in [1.165, 1.54) is 16.3 Å². The number of nitrogens with zero attached hydrogens (tertiary/aromatic N) is 2. The van der Waals surface area contributed by atoms with E-state index in [-0.39, 0.29) is 11.9 Å². The standard InChI is InChI=1S/C21H21N3O2S/c1-13(19-12-27-14(2)23-19)22-21(25)20-11-17(24-26-20)10-16-8-5-7-15-6-3-4-9-18(15)16/h3-9,12-13,20H,10-11H2,1-2H3,(H,22,25)/t13-,20-/m0/s1. The van der Waals surface area contributed by atoms with Crippen LogP contribution in [-0.4, -0.2) is 22.7 Å². The van der Waals surface area contributed by atoms with Crippen molar-refractivity contribution in [3.05, 3.63) is 64.1 Å². The molecule has 1 N–H and O–H groups in total. The van der Waals surface area contributed by atoms with Crippen molar-refractivity contribution in [1.29, 1.82) is 0 Å². The van der Waals surface area contributed by atoms with Crippen molar-refractivity contribution in [2.75, 3.05) is 0 Å². The van der Waals surface area contributed by atoms with Gasteiger partial charge in [0, 0.05) is 18.2 Å². The van der Waals surface area contributed by atoms with Crippen LogP contribution in [0.4, 0.5) is 0 Å². The van der Waals surface area contributed by atoms with Gasteiger partial charge in [-0.2, -0.15) is 0 Å². The Morgan fingerprint density at radius 2 is 2.11 bits per heavy atom. The first-order valence-corrected chi connectivity index (χ1v) is 9.89. The maximum atomic E-state index is 12.5.